The largest absolute Gasteiger partial charge is 0.455 e. The number of nitrogens with two attached hydrogens (primary N) is 1. The first-order chi connectivity index (χ1) is 14.7. The van der Waals surface area contributed by atoms with Crippen LogP contribution < -0.4 is 15.2 Å². The van der Waals surface area contributed by atoms with Crippen molar-refractivity contribution < 1.29 is 27.5 Å². The summed E-state index contributed by atoms with van der Waals surface area (Å²) in [5.41, 5.74) is 0.321. The number of nitrogens with one attached hydrogen (secondary N) is 1. The zero-order chi connectivity index (χ0) is 22.4. The van der Waals surface area contributed by atoms with Crippen LogP contribution in [0, 0.1) is 0 Å². The fourth-order valence-electron chi connectivity index (χ4n) is 2.53. The van der Waals surface area contributed by atoms with Gasteiger partial charge in [0.15, 0.2) is 6.10 Å². The summed E-state index contributed by atoms with van der Waals surface area (Å²) in [6.45, 7) is 1.39. The predicted molar refractivity (Wildman–Crippen MR) is 112 cm³/mol. The summed E-state index contributed by atoms with van der Waals surface area (Å²) in [5, 5.41) is 7.58. The summed E-state index contributed by atoms with van der Waals surface area (Å²) in [6.07, 6.45) is 1.91. The molecule has 1 unspecified atom stereocenters. The van der Waals surface area contributed by atoms with Gasteiger partial charge in [0.25, 0.3) is 5.91 Å². The maximum absolute atomic E-state index is 12.6. The molecule has 0 spiro atoms. The van der Waals surface area contributed by atoms with Crippen LogP contribution in [-0.2, 0) is 19.6 Å². The molecule has 1 heterocycles. The molecule has 3 rings (SSSR count). The number of carbonyl (C=O) groups excluding carboxylic acids is 2. The lowest BCUT2D eigenvalue weighted by Gasteiger charge is -2.15. The Hall–Kier alpha value is -3.76. The van der Waals surface area contributed by atoms with Gasteiger partial charge >= 0.3 is 5.97 Å². The van der Waals surface area contributed by atoms with Crippen molar-refractivity contribution in [2.45, 2.75) is 17.9 Å². The Morgan fingerprint density at radius 3 is 2.55 bits per heavy atom. The van der Waals surface area contributed by atoms with Crippen LogP contribution in [0.1, 0.15) is 17.3 Å². The maximum atomic E-state index is 12.6. The molecule has 160 valence electrons. The van der Waals surface area contributed by atoms with E-state index in [1.165, 1.54) is 43.5 Å². The van der Waals surface area contributed by atoms with E-state index < -0.39 is 28.0 Å². The van der Waals surface area contributed by atoms with Crippen LogP contribution in [0.4, 0.5) is 5.69 Å². The highest BCUT2D eigenvalue weighted by atomic mass is 32.2. The quantitative estimate of drug-likeness (QED) is 0.538. The van der Waals surface area contributed by atoms with E-state index in [2.05, 4.69) is 10.3 Å². The number of rotatable bonds is 7. The first kappa shape index (κ1) is 21.9. The minimum atomic E-state index is -3.92. The van der Waals surface area contributed by atoms with E-state index in [1.54, 1.807) is 36.5 Å². The number of esters is 1. The van der Waals surface area contributed by atoms with Crippen molar-refractivity contribution in [3.8, 4) is 11.5 Å². The zero-order valence-corrected chi connectivity index (χ0v) is 17.2. The Kier molecular flexibility index (Phi) is 6.63. The third-order valence-corrected chi connectivity index (χ3v) is 4.96. The average molecular weight is 441 g/mol. The second-order valence-corrected chi connectivity index (χ2v) is 7.96. The number of amides is 1. The van der Waals surface area contributed by atoms with Crippen molar-refractivity contribution in [1.82, 2.24) is 4.98 Å². The van der Waals surface area contributed by atoms with Crippen LogP contribution in [0.3, 0.4) is 0 Å². The Labute approximate surface area is 178 Å². The highest BCUT2D eigenvalue weighted by Gasteiger charge is 2.22. The number of sulfonamides is 1. The third-order valence-electron chi connectivity index (χ3n) is 4.05. The van der Waals surface area contributed by atoms with E-state index in [0.717, 1.165) is 0 Å². The van der Waals surface area contributed by atoms with Crippen LogP contribution in [0.2, 0.25) is 0 Å². The number of pyridine rings is 1. The highest BCUT2D eigenvalue weighted by molar-refractivity contribution is 7.89. The number of anilines is 1. The molecular formula is C21H19N3O6S. The molecule has 0 aliphatic heterocycles. The van der Waals surface area contributed by atoms with Gasteiger partial charge in [-0.2, -0.15) is 0 Å². The SMILES string of the molecule is CC(OC(=O)c1ccccc1Oc1cccnc1)C(=O)Nc1cccc(S(N)(=O)=O)c1. The first-order valence-electron chi connectivity index (χ1n) is 9.05. The van der Waals surface area contributed by atoms with Crippen molar-refractivity contribution in [1.29, 1.82) is 0 Å². The minimum Gasteiger partial charge on any atom is -0.455 e. The molecule has 0 aliphatic carbocycles. The molecule has 0 aliphatic rings. The minimum absolute atomic E-state index is 0.127. The molecule has 3 aromatic rings. The molecule has 3 N–H and O–H groups in total. The van der Waals surface area contributed by atoms with Crippen LogP contribution in [0.5, 0.6) is 11.5 Å². The lowest BCUT2D eigenvalue weighted by atomic mass is 10.2. The van der Waals surface area contributed by atoms with Gasteiger partial charge in [0.05, 0.1) is 11.1 Å². The molecule has 0 fully saturated rings. The smallest absolute Gasteiger partial charge is 0.342 e. The van der Waals surface area contributed by atoms with E-state index in [0.29, 0.717) is 5.75 Å². The first-order valence-corrected chi connectivity index (χ1v) is 10.6. The third kappa shape index (κ3) is 5.87. The van der Waals surface area contributed by atoms with Crippen LogP contribution in [0.25, 0.3) is 0 Å². The Morgan fingerprint density at radius 2 is 1.84 bits per heavy atom. The van der Waals surface area contributed by atoms with Gasteiger partial charge in [-0.25, -0.2) is 18.4 Å². The van der Waals surface area contributed by atoms with Crippen molar-refractivity contribution in [2.75, 3.05) is 5.32 Å². The normalized spacial score (nSPS) is 11.9. The van der Waals surface area contributed by atoms with Gasteiger partial charge in [0.1, 0.15) is 17.1 Å². The van der Waals surface area contributed by atoms with Gasteiger partial charge < -0.3 is 14.8 Å². The fourth-order valence-corrected chi connectivity index (χ4v) is 3.09. The zero-order valence-electron chi connectivity index (χ0n) is 16.4. The van der Waals surface area contributed by atoms with E-state index in [9.17, 15) is 18.0 Å². The summed E-state index contributed by atoms with van der Waals surface area (Å²) >= 11 is 0. The van der Waals surface area contributed by atoms with Gasteiger partial charge in [-0.05, 0) is 49.4 Å². The fraction of sp³-hybridized carbons (Fsp3) is 0.0952. The van der Waals surface area contributed by atoms with Crippen molar-refractivity contribution in [2.24, 2.45) is 5.14 Å². The van der Waals surface area contributed by atoms with Crippen molar-refractivity contribution in [3.63, 3.8) is 0 Å². The molecule has 0 saturated heterocycles. The lowest BCUT2D eigenvalue weighted by Crippen LogP contribution is -2.30. The Morgan fingerprint density at radius 1 is 1.06 bits per heavy atom. The van der Waals surface area contributed by atoms with E-state index >= 15 is 0 Å². The summed E-state index contributed by atoms with van der Waals surface area (Å²) in [6, 6.07) is 15.2. The number of hydrogen-bond donors (Lipinski definition) is 2. The number of para-hydroxylation sites is 1. The van der Waals surface area contributed by atoms with Crippen molar-refractivity contribution >= 4 is 27.6 Å². The molecule has 0 saturated carbocycles. The number of aromatic nitrogens is 1. The molecule has 31 heavy (non-hydrogen) atoms. The molecule has 1 aromatic heterocycles. The predicted octanol–water partition coefficient (Wildman–Crippen LogP) is 2.71. The molecule has 2 aromatic carbocycles. The van der Waals surface area contributed by atoms with Crippen LogP contribution in [-0.4, -0.2) is 31.4 Å². The van der Waals surface area contributed by atoms with Gasteiger partial charge in [0, 0.05) is 11.9 Å². The summed E-state index contributed by atoms with van der Waals surface area (Å²) < 4.78 is 33.8. The number of benzene rings is 2. The topological polar surface area (TPSA) is 138 Å². The molecule has 9 nitrogen and oxygen atoms in total. The number of primary sulfonamides is 1. The lowest BCUT2D eigenvalue weighted by molar-refractivity contribution is -0.123. The molecule has 10 heteroatoms. The van der Waals surface area contributed by atoms with Gasteiger partial charge in [-0.15, -0.1) is 0 Å². The summed E-state index contributed by atoms with van der Waals surface area (Å²) in [4.78, 5) is 28.8. The second kappa shape index (κ2) is 9.37. The van der Waals surface area contributed by atoms with E-state index in [4.69, 9.17) is 14.6 Å². The molecular weight excluding hydrogens is 422 g/mol. The maximum Gasteiger partial charge on any atom is 0.342 e. The van der Waals surface area contributed by atoms with Crippen LogP contribution in [0.15, 0.2) is 78.0 Å². The Balaban J connectivity index is 1.69. The average Bonchev–Trinajstić information content (AvgIpc) is 2.74. The second-order valence-electron chi connectivity index (χ2n) is 6.40. The standard InChI is InChI=1S/C21H19N3O6S/c1-14(20(25)24-15-6-4-8-17(12-15)31(22,27)28)29-21(26)18-9-2-3-10-19(18)30-16-7-5-11-23-13-16/h2-14H,1H3,(H,24,25)(H2,22,27,28). The Bertz CT molecular complexity index is 1200. The van der Waals surface area contributed by atoms with Gasteiger partial charge in [0.2, 0.25) is 10.0 Å². The molecule has 1 amide bonds. The number of nitrogens with zero attached hydrogens (tertiary/aromatic N) is 1. The van der Waals surface area contributed by atoms with Gasteiger partial charge in [-0.1, -0.05) is 18.2 Å². The van der Waals surface area contributed by atoms with Crippen molar-refractivity contribution in [3.05, 3.63) is 78.6 Å². The highest BCUT2D eigenvalue weighted by Crippen LogP contribution is 2.25. The summed E-state index contributed by atoms with van der Waals surface area (Å²) in [5.74, 6) is -0.733. The molecule has 0 radical (unpaired) electrons. The number of ether oxygens (including phenoxy) is 2. The van der Waals surface area contributed by atoms with Gasteiger partial charge in [-0.3, -0.25) is 9.78 Å². The monoisotopic (exact) mass is 441 g/mol. The van der Waals surface area contributed by atoms with Crippen LogP contribution >= 0.6 is 0 Å². The van der Waals surface area contributed by atoms with E-state index in [-0.39, 0.29) is 21.9 Å². The molecule has 1 atom stereocenters. The number of hydrogen-bond acceptors (Lipinski definition) is 7. The van der Waals surface area contributed by atoms with E-state index in [1.807, 2.05) is 0 Å². The summed E-state index contributed by atoms with van der Waals surface area (Å²) in [7, 11) is -3.92. The number of carbonyl (C=O) groups is 2. The molecule has 0 bridgehead atoms.